The van der Waals surface area contributed by atoms with Crippen molar-refractivity contribution in [2.75, 3.05) is 19.0 Å². The molecular weight excluding hydrogens is 226 g/mol. The lowest BCUT2D eigenvalue weighted by molar-refractivity contribution is 0.340. The van der Waals surface area contributed by atoms with E-state index in [1.165, 1.54) is 5.56 Å². The number of aromatic amines is 1. The van der Waals surface area contributed by atoms with E-state index >= 15 is 0 Å². The Labute approximate surface area is 107 Å². The fourth-order valence-electron chi connectivity index (χ4n) is 1.85. The van der Waals surface area contributed by atoms with Gasteiger partial charge in [0.2, 0.25) is 0 Å². The Morgan fingerprint density at radius 1 is 1.33 bits per heavy atom. The molecule has 0 aliphatic carbocycles. The fourth-order valence-corrected chi connectivity index (χ4v) is 1.85. The van der Waals surface area contributed by atoms with Crippen LogP contribution in [0.1, 0.15) is 18.2 Å². The van der Waals surface area contributed by atoms with Crippen LogP contribution in [0.5, 0.6) is 5.75 Å². The van der Waals surface area contributed by atoms with Gasteiger partial charge in [0.25, 0.3) is 0 Å². The Balaban J connectivity index is 1.94. The predicted octanol–water partition coefficient (Wildman–Crippen LogP) is 2.64. The van der Waals surface area contributed by atoms with Crippen molar-refractivity contribution in [1.29, 1.82) is 0 Å². The summed E-state index contributed by atoms with van der Waals surface area (Å²) in [4.78, 5) is 7.42. The second kappa shape index (κ2) is 6.10. The second-order valence-electron chi connectivity index (χ2n) is 4.09. The van der Waals surface area contributed by atoms with Crippen LogP contribution in [0.2, 0.25) is 0 Å². The number of benzene rings is 1. The molecule has 0 saturated heterocycles. The third-order valence-corrected chi connectivity index (χ3v) is 2.76. The maximum atomic E-state index is 5.49. The van der Waals surface area contributed by atoms with Gasteiger partial charge in [-0.3, -0.25) is 0 Å². The zero-order valence-corrected chi connectivity index (χ0v) is 10.9. The first-order valence-corrected chi connectivity index (χ1v) is 6.25. The van der Waals surface area contributed by atoms with Crippen molar-refractivity contribution >= 4 is 5.95 Å². The molecule has 0 amide bonds. The van der Waals surface area contributed by atoms with Crippen LogP contribution in [0.15, 0.2) is 30.5 Å². The quantitative estimate of drug-likeness (QED) is 0.822. The van der Waals surface area contributed by atoms with E-state index in [1.54, 1.807) is 0 Å². The molecule has 0 unspecified atom stereocenters. The zero-order chi connectivity index (χ0) is 12.8. The maximum Gasteiger partial charge on any atom is 0.200 e. The highest BCUT2D eigenvalue weighted by molar-refractivity contribution is 5.30. The van der Waals surface area contributed by atoms with Crippen molar-refractivity contribution in [2.24, 2.45) is 0 Å². The summed E-state index contributed by atoms with van der Waals surface area (Å²) in [6.07, 6.45) is 3.80. The van der Waals surface area contributed by atoms with Gasteiger partial charge < -0.3 is 15.0 Å². The highest BCUT2D eigenvalue weighted by Crippen LogP contribution is 2.15. The molecule has 1 heterocycles. The lowest BCUT2D eigenvalue weighted by atomic mass is 10.1. The molecule has 0 aliphatic rings. The van der Waals surface area contributed by atoms with Gasteiger partial charge in [-0.05, 0) is 37.5 Å². The SMILES string of the molecule is CCOc1cccc(CCc2cnc(NC)[nH]2)c1. The topological polar surface area (TPSA) is 49.9 Å². The van der Waals surface area contributed by atoms with E-state index in [-0.39, 0.29) is 0 Å². The average Bonchev–Trinajstić information content (AvgIpc) is 2.85. The molecule has 0 spiro atoms. The van der Waals surface area contributed by atoms with Crippen molar-refractivity contribution in [3.63, 3.8) is 0 Å². The number of aryl methyl sites for hydroxylation is 2. The lowest BCUT2D eigenvalue weighted by Gasteiger charge is -2.05. The minimum Gasteiger partial charge on any atom is -0.494 e. The standard InChI is InChI=1S/C14H19N3O/c1-3-18-13-6-4-5-11(9-13)7-8-12-10-16-14(15-2)17-12/h4-6,9-10H,3,7-8H2,1-2H3,(H2,15,16,17). The van der Waals surface area contributed by atoms with Gasteiger partial charge in [-0.1, -0.05) is 12.1 Å². The summed E-state index contributed by atoms with van der Waals surface area (Å²) in [6.45, 7) is 2.70. The van der Waals surface area contributed by atoms with Crippen LogP contribution in [0, 0.1) is 0 Å². The Morgan fingerprint density at radius 2 is 2.22 bits per heavy atom. The highest BCUT2D eigenvalue weighted by Gasteiger charge is 2.01. The van der Waals surface area contributed by atoms with E-state index in [0.29, 0.717) is 6.61 Å². The molecule has 0 aliphatic heterocycles. The maximum absolute atomic E-state index is 5.49. The number of ether oxygens (including phenoxy) is 1. The Bertz CT molecular complexity index is 493. The summed E-state index contributed by atoms with van der Waals surface area (Å²) >= 11 is 0. The van der Waals surface area contributed by atoms with Gasteiger partial charge in [0, 0.05) is 12.7 Å². The monoisotopic (exact) mass is 245 g/mol. The Morgan fingerprint density at radius 3 is 2.94 bits per heavy atom. The third kappa shape index (κ3) is 3.26. The van der Waals surface area contributed by atoms with Gasteiger partial charge in [0.05, 0.1) is 12.8 Å². The van der Waals surface area contributed by atoms with Gasteiger partial charge in [-0.15, -0.1) is 0 Å². The van der Waals surface area contributed by atoms with E-state index in [0.717, 1.165) is 30.2 Å². The summed E-state index contributed by atoms with van der Waals surface area (Å²) < 4.78 is 5.49. The van der Waals surface area contributed by atoms with E-state index in [2.05, 4.69) is 27.4 Å². The number of nitrogens with zero attached hydrogens (tertiary/aromatic N) is 1. The molecule has 0 atom stereocenters. The summed E-state index contributed by atoms with van der Waals surface area (Å²) in [6, 6.07) is 8.24. The zero-order valence-electron chi connectivity index (χ0n) is 10.9. The lowest BCUT2D eigenvalue weighted by Crippen LogP contribution is -1.95. The summed E-state index contributed by atoms with van der Waals surface area (Å²) in [5, 5.41) is 2.98. The third-order valence-electron chi connectivity index (χ3n) is 2.76. The first kappa shape index (κ1) is 12.5. The van der Waals surface area contributed by atoms with Crippen molar-refractivity contribution < 1.29 is 4.74 Å². The van der Waals surface area contributed by atoms with Crippen LogP contribution >= 0.6 is 0 Å². The average molecular weight is 245 g/mol. The van der Waals surface area contributed by atoms with Gasteiger partial charge in [-0.25, -0.2) is 4.98 Å². The normalized spacial score (nSPS) is 10.3. The fraction of sp³-hybridized carbons (Fsp3) is 0.357. The van der Waals surface area contributed by atoms with E-state index in [1.807, 2.05) is 32.3 Å². The van der Waals surface area contributed by atoms with E-state index in [9.17, 15) is 0 Å². The molecule has 2 N–H and O–H groups in total. The molecule has 96 valence electrons. The predicted molar refractivity (Wildman–Crippen MR) is 73.2 cm³/mol. The molecule has 18 heavy (non-hydrogen) atoms. The number of anilines is 1. The van der Waals surface area contributed by atoms with Crippen LogP contribution < -0.4 is 10.1 Å². The number of aromatic nitrogens is 2. The molecule has 0 fully saturated rings. The molecule has 2 rings (SSSR count). The molecule has 4 heteroatoms. The first-order chi connectivity index (χ1) is 8.81. The van der Waals surface area contributed by atoms with Crippen molar-refractivity contribution in [3.8, 4) is 5.75 Å². The molecule has 0 radical (unpaired) electrons. The van der Waals surface area contributed by atoms with Crippen LogP contribution in [-0.4, -0.2) is 23.6 Å². The number of hydrogen-bond donors (Lipinski definition) is 2. The van der Waals surface area contributed by atoms with Crippen LogP contribution in [0.3, 0.4) is 0 Å². The molecule has 1 aromatic heterocycles. The van der Waals surface area contributed by atoms with Gasteiger partial charge in [0.1, 0.15) is 5.75 Å². The largest absolute Gasteiger partial charge is 0.494 e. The number of rotatable bonds is 6. The number of imidazole rings is 1. The van der Waals surface area contributed by atoms with Crippen LogP contribution in [0.25, 0.3) is 0 Å². The number of hydrogen-bond acceptors (Lipinski definition) is 3. The number of nitrogens with one attached hydrogen (secondary N) is 2. The van der Waals surface area contributed by atoms with Gasteiger partial charge in [0.15, 0.2) is 5.95 Å². The molecular formula is C14H19N3O. The van der Waals surface area contributed by atoms with Gasteiger partial charge in [-0.2, -0.15) is 0 Å². The minimum absolute atomic E-state index is 0.704. The summed E-state index contributed by atoms with van der Waals surface area (Å²) in [5.41, 5.74) is 2.42. The summed E-state index contributed by atoms with van der Waals surface area (Å²) in [5.74, 6) is 1.75. The summed E-state index contributed by atoms with van der Waals surface area (Å²) in [7, 11) is 1.86. The highest BCUT2D eigenvalue weighted by atomic mass is 16.5. The Hall–Kier alpha value is -1.97. The molecule has 2 aromatic rings. The van der Waals surface area contributed by atoms with Crippen molar-refractivity contribution in [1.82, 2.24) is 9.97 Å². The molecule has 4 nitrogen and oxygen atoms in total. The molecule has 0 saturated carbocycles. The Kier molecular flexibility index (Phi) is 4.23. The number of H-pyrrole nitrogens is 1. The second-order valence-corrected chi connectivity index (χ2v) is 4.09. The molecule has 1 aromatic carbocycles. The minimum atomic E-state index is 0.704. The van der Waals surface area contributed by atoms with E-state index in [4.69, 9.17) is 4.74 Å². The van der Waals surface area contributed by atoms with Crippen LogP contribution in [-0.2, 0) is 12.8 Å². The van der Waals surface area contributed by atoms with E-state index < -0.39 is 0 Å². The van der Waals surface area contributed by atoms with Crippen LogP contribution in [0.4, 0.5) is 5.95 Å². The molecule has 0 bridgehead atoms. The van der Waals surface area contributed by atoms with Crippen molar-refractivity contribution in [3.05, 3.63) is 41.7 Å². The first-order valence-electron chi connectivity index (χ1n) is 6.25. The van der Waals surface area contributed by atoms with Gasteiger partial charge >= 0.3 is 0 Å². The van der Waals surface area contributed by atoms with Crippen molar-refractivity contribution in [2.45, 2.75) is 19.8 Å². The smallest absolute Gasteiger partial charge is 0.200 e.